The van der Waals surface area contributed by atoms with E-state index in [1.165, 1.54) is 0 Å². The maximum absolute atomic E-state index is 12.9. The molecular formula is C23H31ClN4O4S. The lowest BCUT2D eigenvalue weighted by Crippen LogP contribution is -2.49. The van der Waals surface area contributed by atoms with E-state index in [4.69, 9.17) is 16.5 Å². The molecule has 0 radical (unpaired) electrons. The molecule has 0 spiro atoms. The Morgan fingerprint density at radius 3 is 2.48 bits per heavy atom. The van der Waals surface area contributed by atoms with Gasteiger partial charge in [-0.1, -0.05) is 42.5 Å². The highest BCUT2D eigenvalue weighted by molar-refractivity contribution is 7.89. The molecule has 33 heavy (non-hydrogen) atoms. The Hall–Kier alpha value is -2.17. The number of piperazine rings is 1. The van der Waals surface area contributed by atoms with Gasteiger partial charge in [-0.3, -0.25) is 4.90 Å². The summed E-state index contributed by atoms with van der Waals surface area (Å²) >= 11 is 6.31. The Kier molecular flexibility index (Phi) is 8.02. The molecule has 1 fully saturated rings. The summed E-state index contributed by atoms with van der Waals surface area (Å²) in [4.78, 5) is 17.2. The van der Waals surface area contributed by atoms with Gasteiger partial charge < -0.3 is 4.74 Å². The molecule has 1 saturated heterocycles. The molecule has 0 saturated carbocycles. The van der Waals surface area contributed by atoms with Gasteiger partial charge in [-0.25, -0.2) is 23.1 Å². The molecular weight excluding hydrogens is 464 g/mol. The minimum atomic E-state index is -3.73. The van der Waals surface area contributed by atoms with Crippen molar-refractivity contribution in [1.82, 2.24) is 19.6 Å². The minimum Gasteiger partial charge on any atom is -0.444 e. The van der Waals surface area contributed by atoms with E-state index in [0.29, 0.717) is 25.2 Å². The van der Waals surface area contributed by atoms with E-state index < -0.39 is 21.7 Å². The van der Waals surface area contributed by atoms with Crippen LogP contribution in [0.5, 0.6) is 0 Å². The maximum Gasteiger partial charge on any atom is 0.410 e. The first kappa shape index (κ1) is 25.5. The Balaban J connectivity index is 1.78. The van der Waals surface area contributed by atoms with Crippen molar-refractivity contribution in [2.45, 2.75) is 50.8 Å². The molecule has 1 heterocycles. The average molecular weight is 495 g/mol. The molecule has 2 aromatic carbocycles. The zero-order valence-corrected chi connectivity index (χ0v) is 20.9. The van der Waals surface area contributed by atoms with Crippen molar-refractivity contribution in [3.63, 3.8) is 0 Å². The van der Waals surface area contributed by atoms with Gasteiger partial charge in [-0.05, 0) is 62.2 Å². The third kappa shape index (κ3) is 6.68. The first-order valence-electron chi connectivity index (χ1n) is 10.8. The van der Waals surface area contributed by atoms with E-state index in [9.17, 15) is 13.2 Å². The number of hydrogen-bond acceptors (Lipinski definition) is 6. The van der Waals surface area contributed by atoms with Crippen LogP contribution in [0.15, 0.2) is 53.4 Å². The van der Waals surface area contributed by atoms with Gasteiger partial charge in [0.25, 0.3) is 10.0 Å². The van der Waals surface area contributed by atoms with Crippen molar-refractivity contribution in [2.24, 2.45) is 0 Å². The number of nitrogens with zero attached hydrogens (tertiary/aromatic N) is 2. The normalized spacial score (nSPS) is 17.7. The number of nitrogens with one attached hydrogen (secondary N) is 2. The molecule has 3 rings (SSSR count). The molecule has 0 aromatic heterocycles. The van der Waals surface area contributed by atoms with Gasteiger partial charge >= 0.3 is 6.09 Å². The average Bonchev–Trinajstić information content (AvgIpc) is 2.73. The van der Waals surface area contributed by atoms with Crippen LogP contribution in [0.3, 0.4) is 0 Å². The summed E-state index contributed by atoms with van der Waals surface area (Å²) in [6.07, 6.45) is -0.403. The molecule has 180 valence electrons. The summed E-state index contributed by atoms with van der Waals surface area (Å²) in [6.45, 7) is 8.83. The Morgan fingerprint density at radius 1 is 1.12 bits per heavy atom. The van der Waals surface area contributed by atoms with Crippen LogP contribution in [0.4, 0.5) is 4.79 Å². The maximum atomic E-state index is 12.9. The number of carbonyl (C=O) groups excluding carboxylic acids is 1. The summed E-state index contributed by atoms with van der Waals surface area (Å²) in [5.41, 5.74) is 4.58. The molecule has 8 nitrogen and oxygen atoms in total. The van der Waals surface area contributed by atoms with Gasteiger partial charge in [0.2, 0.25) is 0 Å². The van der Waals surface area contributed by atoms with E-state index in [1.54, 1.807) is 40.5 Å². The highest BCUT2D eigenvalue weighted by Crippen LogP contribution is 2.30. The third-order valence-corrected chi connectivity index (χ3v) is 7.00. The Morgan fingerprint density at radius 2 is 1.79 bits per heavy atom. The predicted octanol–water partition coefficient (Wildman–Crippen LogP) is 3.73. The SMILES string of the molecule is Cc1ccccc1S(=O)(=O)NNCc1ccccc1C1CN(Cl)CCN1C(=O)OC(C)(C)C. The fourth-order valence-electron chi connectivity index (χ4n) is 3.71. The summed E-state index contributed by atoms with van der Waals surface area (Å²) in [5, 5.41) is 0. The standard InChI is InChI=1S/C23H31ClN4O4S/c1-17-9-5-8-12-21(17)33(30,31)26-25-15-18-10-6-7-11-19(18)20-16-27(24)13-14-28(20)22(29)32-23(2,3)4/h5-12,20,25-26H,13-16H2,1-4H3. The number of halogens is 1. The van der Waals surface area contributed by atoms with E-state index in [1.807, 2.05) is 45.0 Å². The lowest BCUT2D eigenvalue weighted by atomic mass is 9.97. The number of benzene rings is 2. The molecule has 0 bridgehead atoms. The van der Waals surface area contributed by atoms with Crippen molar-refractivity contribution in [3.05, 3.63) is 65.2 Å². The number of amides is 1. The fourth-order valence-corrected chi connectivity index (χ4v) is 5.04. The van der Waals surface area contributed by atoms with Gasteiger partial charge in [-0.2, -0.15) is 0 Å². The first-order chi connectivity index (χ1) is 15.5. The van der Waals surface area contributed by atoms with Crippen LogP contribution in [0, 0.1) is 6.92 Å². The van der Waals surface area contributed by atoms with Crippen molar-refractivity contribution >= 4 is 27.9 Å². The second-order valence-corrected chi connectivity index (χ2v) is 11.1. The lowest BCUT2D eigenvalue weighted by molar-refractivity contribution is 0.00588. The second kappa shape index (κ2) is 10.4. The zero-order chi connectivity index (χ0) is 24.2. The Bertz CT molecular complexity index is 1090. The van der Waals surface area contributed by atoms with Crippen LogP contribution in [-0.2, 0) is 21.3 Å². The fraction of sp³-hybridized carbons (Fsp3) is 0.435. The van der Waals surface area contributed by atoms with Gasteiger partial charge in [0.1, 0.15) is 5.60 Å². The summed E-state index contributed by atoms with van der Waals surface area (Å²) in [6, 6.07) is 14.0. The van der Waals surface area contributed by atoms with Gasteiger partial charge in [-0.15, -0.1) is 4.83 Å². The molecule has 1 aliphatic heterocycles. The number of hydrogen-bond donors (Lipinski definition) is 2. The highest BCUT2D eigenvalue weighted by Gasteiger charge is 2.35. The second-order valence-electron chi connectivity index (χ2n) is 8.98. The van der Waals surface area contributed by atoms with E-state index in [2.05, 4.69) is 10.3 Å². The highest BCUT2D eigenvalue weighted by atomic mass is 35.5. The minimum absolute atomic E-state index is 0.215. The number of ether oxygens (including phenoxy) is 1. The molecule has 10 heteroatoms. The Labute approximate surface area is 201 Å². The monoisotopic (exact) mass is 494 g/mol. The predicted molar refractivity (Wildman–Crippen MR) is 128 cm³/mol. The van der Waals surface area contributed by atoms with Crippen molar-refractivity contribution in [1.29, 1.82) is 0 Å². The molecule has 0 aliphatic carbocycles. The van der Waals surface area contributed by atoms with Gasteiger partial charge in [0.05, 0.1) is 10.9 Å². The van der Waals surface area contributed by atoms with Crippen molar-refractivity contribution in [3.8, 4) is 0 Å². The molecule has 1 amide bonds. The zero-order valence-electron chi connectivity index (χ0n) is 19.3. The van der Waals surface area contributed by atoms with Gasteiger partial charge in [0, 0.05) is 26.2 Å². The molecule has 1 unspecified atom stereocenters. The quantitative estimate of drug-likeness (QED) is 0.469. The summed E-state index contributed by atoms with van der Waals surface area (Å²) in [7, 11) is -3.73. The van der Waals surface area contributed by atoms with Crippen LogP contribution >= 0.6 is 11.8 Å². The van der Waals surface area contributed by atoms with Crippen molar-refractivity contribution < 1.29 is 17.9 Å². The van der Waals surface area contributed by atoms with Crippen LogP contribution in [0.1, 0.15) is 43.5 Å². The van der Waals surface area contributed by atoms with Crippen LogP contribution in [0.2, 0.25) is 0 Å². The molecule has 2 aromatic rings. The van der Waals surface area contributed by atoms with E-state index in [0.717, 1.165) is 11.1 Å². The van der Waals surface area contributed by atoms with Crippen LogP contribution < -0.4 is 10.3 Å². The van der Waals surface area contributed by atoms with Crippen molar-refractivity contribution in [2.75, 3.05) is 19.6 Å². The number of hydrazine groups is 1. The molecule has 1 atom stereocenters. The first-order valence-corrected chi connectivity index (χ1v) is 12.6. The van der Waals surface area contributed by atoms with Crippen LogP contribution in [0.25, 0.3) is 0 Å². The lowest BCUT2D eigenvalue weighted by Gasteiger charge is -2.40. The molecule has 1 aliphatic rings. The third-order valence-electron chi connectivity index (χ3n) is 5.24. The number of rotatable bonds is 6. The number of aryl methyl sites for hydroxylation is 1. The largest absolute Gasteiger partial charge is 0.444 e. The van der Waals surface area contributed by atoms with Crippen LogP contribution in [-0.4, -0.2) is 49.1 Å². The van der Waals surface area contributed by atoms with E-state index in [-0.39, 0.29) is 17.5 Å². The topological polar surface area (TPSA) is 91.0 Å². The molecule has 2 N–H and O–H groups in total. The van der Waals surface area contributed by atoms with E-state index >= 15 is 0 Å². The summed E-state index contributed by atoms with van der Waals surface area (Å²) in [5.74, 6) is 0. The number of carbonyl (C=O) groups is 1. The smallest absolute Gasteiger partial charge is 0.410 e. The number of sulfonamides is 1. The van der Waals surface area contributed by atoms with Gasteiger partial charge in [0.15, 0.2) is 0 Å². The summed E-state index contributed by atoms with van der Waals surface area (Å²) < 4.78 is 32.6.